The van der Waals surface area contributed by atoms with E-state index in [1.54, 1.807) is 6.92 Å². The monoisotopic (exact) mass is 110 g/mol. The molecule has 0 saturated heterocycles. The molecule has 0 aromatic heterocycles. The zero-order valence-corrected chi connectivity index (χ0v) is 7.49. The van der Waals surface area contributed by atoms with Gasteiger partial charge in [0.1, 0.15) is 5.78 Å². The van der Waals surface area contributed by atoms with Crippen molar-refractivity contribution < 1.29 is 35.8 Å². The van der Waals surface area contributed by atoms with Crippen LogP contribution < -0.4 is 29.6 Å². The Morgan fingerprint density at radius 3 is 1.71 bits per heavy atom. The van der Waals surface area contributed by atoms with Gasteiger partial charge >= 0.3 is 29.6 Å². The minimum atomic E-state index is 0. The third-order valence-electron chi connectivity index (χ3n) is 0.813. The van der Waals surface area contributed by atoms with Crippen LogP contribution in [0.4, 0.5) is 0 Å². The topological polar surface area (TPSA) is 17.1 Å². The zero-order chi connectivity index (χ0) is 5.15. The molecule has 0 radical (unpaired) electrons. The summed E-state index contributed by atoms with van der Waals surface area (Å²) >= 11 is 0. The normalized spacial score (nSPS) is 8.00. The Kier molecular flexibility index (Phi) is 7.31. The Labute approximate surface area is 68.3 Å². The Balaban J connectivity index is -0.000000125. The van der Waals surface area contributed by atoms with E-state index in [-0.39, 0.29) is 42.7 Å². The van der Waals surface area contributed by atoms with E-state index < -0.39 is 0 Å². The van der Waals surface area contributed by atoms with Crippen LogP contribution in [0, 0.1) is 5.92 Å². The Morgan fingerprint density at radius 1 is 1.57 bits per heavy atom. The predicted molar refractivity (Wildman–Crippen MR) is 26.6 cm³/mol. The Bertz CT molecular complexity index is 63.4. The van der Waals surface area contributed by atoms with Crippen molar-refractivity contribution in [3.63, 3.8) is 0 Å². The van der Waals surface area contributed by atoms with Crippen LogP contribution in [0.1, 0.15) is 22.2 Å². The molecule has 0 spiro atoms. The fraction of sp³-hybridized carbons (Fsp3) is 0.800. The van der Waals surface area contributed by atoms with E-state index in [0.29, 0.717) is 0 Å². The molecular formula is C5H11NaO. The average Bonchev–Trinajstić information content (AvgIpc) is 1.36. The minimum Gasteiger partial charge on any atom is -1.00 e. The van der Waals surface area contributed by atoms with Gasteiger partial charge in [-0.1, -0.05) is 13.8 Å². The fourth-order valence-electron chi connectivity index (χ4n) is 0. The van der Waals surface area contributed by atoms with Crippen LogP contribution in [0.5, 0.6) is 0 Å². The second-order valence-corrected chi connectivity index (χ2v) is 1.77. The molecule has 0 aliphatic heterocycles. The number of carbonyl (C=O) groups is 1. The molecule has 0 aliphatic rings. The first-order valence-electron chi connectivity index (χ1n) is 2.15. The van der Waals surface area contributed by atoms with Crippen molar-refractivity contribution in [2.45, 2.75) is 20.8 Å². The van der Waals surface area contributed by atoms with E-state index in [9.17, 15) is 4.79 Å². The number of Topliss-reactive ketones (excluding diaryl/α,β-unsaturated/α-hetero) is 1. The van der Waals surface area contributed by atoms with Gasteiger partial charge < -0.3 is 1.43 Å². The largest absolute Gasteiger partial charge is 1.00 e. The number of hydrogen-bond acceptors (Lipinski definition) is 1. The molecule has 0 N–H and O–H groups in total. The van der Waals surface area contributed by atoms with Gasteiger partial charge in [-0.15, -0.1) is 0 Å². The van der Waals surface area contributed by atoms with Crippen LogP contribution in [0.15, 0.2) is 0 Å². The summed E-state index contributed by atoms with van der Waals surface area (Å²) in [6.07, 6.45) is 0. The molecule has 0 atom stereocenters. The summed E-state index contributed by atoms with van der Waals surface area (Å²) in [5, 5.41) is 0. The molecule has 0 heterocycles. The molecular weight excluding hydrogens is 99.0 g/mol. The predicted octanol–water partition coefficient (Wildman–Crippen LogP) is -1.65. The van der Waals surface area contributed by atoms with Gasteiger partial charge in [0.25, 0.3) is 0 Å². The summed E-state index contributed by atoms with van der Waals surface area (Å²) in [4.78, 5) is 10.1. The van der Waals surface area contributed by atoms with Gasteiger partial charge in [-0.05, 0) is 6.92 Å². The van der Waals surface area contributed by atoms with Crippen LogP contribution in [0.25, 0.3) is 0 Å². The summed E-state index contributed by atoms with van der Waals surface area (Å²) in [6.45, 7) is 5.38. The second-order valence-electron chi connectivity index (χ2n) is 1.77. The van der Waals surface area contributed by atoms with Crippen LogP contribution in [0.3, 0.4) is 0 Å². The minimum absolute atomic E-state index is 0. The maximum atomic E-state index is 10.1. The van der Waals surface area contributed by atoms with Gasteiger partial charge in [0.15, 0.2) is 0 Å². The van der Waals surface area contributed by atoms with E-state index in [1.165, 1.54) is 0 Å². The van der Waals surface area contributed by atoms with E-state index in [1.807, 2.05) is 13.8 Å². The first-order valence-corrected chi connectivity index (χ1v) is 2.15. The molecule has 0 fully saturated rings. The standard InChI is InChI=1S/C5H10O.Na.H/c1-4(2)5(3)6;;/h4H,1-3H3;;/q;+1;-1. The molecule has 0 bridgehead atoms. The molecule has 0 saturated carbocycles. The second kappa shape index (κ2) is 4.82. The SMILES string of the molecule is CC(=O)C(C)C.[H-].[Na+]. The first kappa shape index (κ1) is 10.6. The van der Waals surface area contributed by atoms with E-state index >= 15 is 0 Å². The molecule has 0 aromatic rings. The van der Waals surface area contributed by atoms with Gasteiger partial charge in [-0.2, -0.15) is 0 Å². The Morgan fingerprint density at radius 2 is 1.71 bits per heavy atom. The van der Waals surface area contributed by atoms with E-state index in [2.05, 4.69) is 0 Å². The quantitative estimate of drug-likeness (QED) is 0.369. The zero-order valence-electron chi connectivity index (χ0n) is 6.49. The summed E-state index contributed by atoms with van der Waals surface area (Å²) in [5.74, 6) is 0.472. The van der Waals surface area contributed by atoms with Gasteiger partial charge in [-0.3, -0.25) is 4.79 Å². The van der Waals surface area contributed by atoms with Crippen molar-refractivity contribution in [1.29, 1.82) is 0 Å². The van der Waals surface area contributed by atoms with Gasteiger partial charge in [0.2, 0.25) is 0 Å². The summed E-state index contributed by atoms with van der Waals surface area (Å²) in [7, 11) is 0. The molecule has 2 heteroatoms. The molecule has 38 valence electrons. The number of carbonyl (C=O) groups excluding carboxylic acids is 1. The van der Waals surface area contributed by atoms with Crippen molar-refractivity contribution in [1.82, 2.24) is 0 Å². The smallest absolute Gasteiger partial charge is 1.00 e. The molecule has 0 aromatic carbocycles. The first-order chi connectivity index (χ1) is 2.64. The van der Waals surface area contributed by atoms with Crippen LogP contribution in [-0.2, 0) is 4.79 Å². The van der Waals surface area contributed by atoms with Crippen molar-refractivity contribution >= 4 is 5.78 Å². The van der Waals surface area contributed by atoms with Crippen molar-refractivity contribution in [2.75, 3.05) is 0 Å². The Hall–Kier alpha value is 0.670. The van der Waals surface area contributed by atoms with E-state index in [4.69, 9.17) is 0 Å². The summed E-state index contributed by atoms with van der Waals surface area (Å²) in [5.41, 5.74) is 0. The maximum Gasteiger partial charge on any atom is 1.00 e. The van der Waals surface area contributed by atoms with Crippen molar-refractivity contribution in [2.24, 2.45) is 5.92 Å². The number of ketones is 1. The molecule has 0 aliphatic carbocycles. The van der Waals surface area contributed by atoms with Crippen molar-refractivity contribution in [3.8, 4) is 0 Å². The van der Waals surface area contributed by atoms with Crippen LogP contribution in [-0.4, -0.2) is 5.78 Å². The summed E-state index contributed by atoms with van der Waals surface area (Å²) < 4.78 is 0. The van der Waals surface area contributed by atoms with Crippen molar-refractivity contribution in [3.05, 3.63) is 0 Å². The van der Waals surface area contributed by atoms with Crippen LogP contribution in [0.2, 0.25) is 0 Å². The van der Waals surface area contributed by atoms with Gasteiger partial charge in [0, 0.05) is 5.92 Å². The third-order valence-corrected chi connectivity index (χ3v) is 0.813. The summed E-state index contributed by atoms with van der Waals surface area (Å²) in [6, 6.07) is 0. The number of hydrogen-bond donors (Lipinski definition) is 0. The molecule has 1 nitrogen and oxygen atoms in total. The number of rotatable bonds is 1. The molecule has 0 rings (SSSR count). The van der Waals surface area contributed by atoms with Gasteiger partial charge in [-0.25, -0.2) is 0 Å². The molecule has 7 heavy (non-hydrogen) atoms. The molecule has 0 amide bonds. The van der Waals surface area contributed by atoms with E-state index in [0.717, 1.165) is 0 Å². The third kappa shape index (κ3) is 6.67. The fourth-order valence-corrected chi connectivity index (χ4v) is 0. The van der Waals surface area contributed by atoms with Gasteiger partial charge in [0.05, 0.1) is 0 Å². The average molecular weight is 110 g/mol. The maximum absolute atomic E-state index is 10.1. The van der Waals surface area contributed by atoms with Crippen LogP contribution >= 0.6 is 0 Å². The molecule has 0 unspecified atom stereocenters.